The third kappa shape index (κ3) is 4.41. The molecule has 2 amide bonds. The number of piperidine rings is 1. The highest BCUT2D eigenvalue weighted by Crippen LogP contribution is 2.29. The van der Waals surface area contributed by atoms with Crippen molar-refractivity contribution < 1.29 is 9.59 Å². The molecule has 0 aromatic heterocycles. The van der Waals surface area contributed by atoms with Gasteiger partial charge in [-0.1, -0.05) is 25.4 Å². The summed E-state index contributed by atoms with van der Waals surface area (Å²) in [6.07, 6.45) is 1.39. The predicted octanol–water partition coefficient (Wildman–Crippen LogP) is 3.24. The number of carbonyl (C=O) groups excluding carboxylic acids is 2. The first-order chi connectivity index (χ1) is 11.3. The topological polar surface area (TPSA) is 52.7 Å². The van der Waals surface area contributed by atoms with Crippen molar-refractivity contribution in [1.82, 2.24) is 4.90 Å². The Morgan fingerprint density at radius 3 is 2.42 bits per heavy atom. The number of nitrogens with one attached hydrogen (secondary N) is 1. The zero-order valence-corrected chi connectivity index (χ0v) is 15.6. The average Bonchev–Trinajstić information content (AvgIpc) is 2.54. The smallest absolute Gasteiger partial charge is 0.227 e. The van der Waals surface area contributed by atoms with E-state index in [9.17, 15) is 9.59 Å². The number of halogens is 1. The molecule has 24 heavy (non-hydrogen) atoms. The molecule has 0 saturated carbocycles. The number of rotatable bonds is 4. The van der Waals surface area contributed by atoms with Gasteiger partial charge in [-0.15, -0.1) is 0 Å². The van der Waals surface area contributed by atoms with E-state index in [0.29, 0.717) is 31.0 Å². The molecule has 0 unspecified atom stereocenters. The molecule has 1 aliphatic heterocycles. The summed E-state index contributed by atoms with van der Waals surface area (Å²) in [5, 5.41) is 3.59. The molecule has 1 aromatic carbocycles. The molecule has 1 N–H and O–H groups in total. The van der Waals surface area contributed by atoms with Crippen molar-refractivity contribution in [2.24, 2.45) is 11.8 Å². The first-order valence-corrected chi connectivity index (χ1v) is 8.74. The maximum Gasteiger partial charge on any atom is 0.227 e. The van der Waals surface area contributed by atoms with Crippen LogP contribution < -0.4 is 10.2 Å². The minimum Gasteiger partial charge on any atom is -0.376 e. The van der Waals surface area contributed by atoms with Crippen LogP contribution in [0.2, 0.25) is 5.02 Å². The number of carbonyl (C=O) groups is 2. The summed E-state index contributed by atoms with van der Waals surface area (Å²) < 4.78 is 0. The van der Waals surface area contributed by atoms with Crippen molar-refractivity contribution in [2.75, 3.05) is 37.4 Å². The fourth-order valence-electron chi connectivity index (χ4n) is 2.96. The maximum atomic E-state index is 12.6. The normalized spacial score (nSPS) is 15.5. The molecular weight excluding hydrogens is 326 g/mol. The molecule has 6 heteroatoms. The number of likely N-dealkylation sites (tertiary alicyclic amines) is 1. The third-order valence-corrected chi connectivity index (χ3v) is 4.60. The van der Waals surface area contributed by atoms with Gasteiger partial charge in [0.25, 0.3) is 0 Å². The van der Waals surface area contributed by atoms with Gasteiger partial charge in [-0.25, -0.2) is 0 Å². The van der Waals surface area contributed by atoms with Crippen molar-refractivity contribution in [3.8, 4) is 0 Å². The fraction of sp³-hybridized carbons (Fsp3) is 0.556. The summed E-state index contributed by atoms with van der Waals surface area (Å²) in [5.74, 6) is 0.0929. The van der Waals surface area contributed by atoms with Gasteiger partial charge in [-0.3, -0.25) is 9.59 Å². The van der Waals surface area contributed by atoms with E-state index < -0.39 is 0 Å². The molecule has 1 fully saturated rings. The van der Waals surface area contributed by atoms with Crippen LogP contribution in [0.1, 0.15) is 26.7 Å². The van der Waals surface area contributed by atoms with Gasteiger partial charge in [-0.2, -0.15) is 0 Å². The van der Waals surface area contributed by atoms with Gasteiger partial charge in [0.15, 0.2) is 0 Å². The lowest BCUT2D eigenvalue weighted by Crippen LogP contribution is -2.43. The number of nitrogens with zero attached hydrogens (tertiary/aromatic N) is 2. The van der Waals surface area contributed by atoms with Crippen molar-refractivity contribution in [2.45, 2.75) is 26.7 Å². The number of hydrogen-bond acceptors (Lipinski definition) is 3. The van der Waals surface area contributed by atoms with Crippen LogP contribution in [0, 0.1) is 11.8 Å². The first kappa shape index (κ1) is 18.6. The molecule has 1 saturated heterocycles. The van der Waals surface area contributed by atoms with Crippen LogP contribution in [0.4, 0.5) is 11.4 Å². The Hall–Kier alpha value is -1.75. The minimum absolute atomic E-state index is 0.00277. The van der Waals surface area contributed by atoms with Crippen molar-refractivity contribution in [3.05, 3.63) is 23.2 Å². The number of hydrogen-bond donors (Lipinski definition) is 1. The molecule has 0 aliphatic carbocycles. The van der Waals surface area contributed by atoms with Crippen LogP contribution in [0.15, 0.2) is 18.2 Å². The molecule has 1 heterocycles. The van der Waals surface area contributed by atoms with Gasteiger partial charge in [0.05, 0.1) is 11.4 Å². The van der Waals surface area contributed by atoms with Gasteiger partial charge >= 0.3 is 0 Å². The average molecular weight is 352 g/mol. The van der Waals surface area contributed by atoms with Crippen molar-refractivity contribution in [1.29, 1.82) is 0 Å². The molecule has 0 spiro atoms. The van der Waals surface area contributed by atoms with E-state index in [0.717, 1.165) is 11.4 Å². The first-order valence-electron chi connectivity index (χ1n) is 8.36. The lowest BCUT2D eigenvalue weighted by molar-refractivity contribution is -0.137. The molecule has 1 aromatic rings. The Labute approximate surface area is 149 Å². The standard InChI is InChI=1S/C18H26ClN3O2/c1-12(2)18(24)22-9-7-13(8-10-22)17(23)20-15-11-14(19)5-6-16(15)21(3)4/h5-6,11-13H,7-10H2,1-4H3,(H,20,23). The largest absolute Gasteiger partial charge is 0.376 e. The van der Waals surface area contributed by atoms with Gasteiger partial charge in [-0.05, 0) is 31.0 Å². The van der Waals surface area contributed by atoms with E-state index in [1.165, 1.54) is 0 Å². The zero-order chi connectivity index (χ0) is 17.9. The molecular formula is C18H26ClN3O2. The summed E-state index contributed by atoms with van der Waals surface area (Å²) in [6, 6.07) is 5.47. The molecule has 0 atom stereocenters. The summed E-state index contributed by atoms with van der Waals surface area (Å²) in [4.78, 5) is 28.4. The monoisotopic (exact) mass is 351 g/mol. The Kier molecular flexibility index (Phi) is 6.10. The second-order valence-electron chi connectivity index (χ2n) is 6.80. The second-order valence-corrected chi connectivity index (χ2v) is 7.24. The summed E-state index contributed by atoms with van der Waals surface area (Å²) in [6.45, 7) is 5.10. The summed E-state index contributed by atoms with van der Waals surface area (Å²) in [5.41, 5.74) is 1.64. The van der Waals surface area contributed by atoms with Gasteiger partial charge in [0, 0.05) is 44.0 Å². The molecule has 1 aliphatic rings. The van der Waals surface area contributed by atoms with Crippen molar-refractivity contribution in [3.63, 3.8) is 0 Å². The van der Waals surface area contributed by atoms with Crippen molar-refractivity contribution >= 4 is 34.8 Å². The minimum atomic E-state index is -0.0739. The van der Waals surface area contributed by atoms with E-state index in [1.54, 1.807) is 6.07 Å². The van der Waals surface area contributed by atoms with E-state index >= 15 is 0 Å². The lowest BCUT2D eigenvalue weighted by atomic mass is 9.95. The lowest BCUT2D eigenvalue weighted by Gasteiger charge is -2.32. The Morgan fingerprint density at radius 2 is 1.88 bits per heavy atom. The molecule has 0 radical (unpaired) electrons. The predicted molar refractivity (Wildman–Crippen MR) is 98.6 cm³/mol. The van der Waals surface area contributed by atoms with Crippen LogP contribution in [0.25, 0.3) is 0 Å². The Morgan fingerprint density at radius 1 is 1.25 bits per heavy atom. The molecule has 5 nitrogen and oxygen atoms in total. The third-order valence-electron chi connectivity index (χ3n) is 4.37. The van der Waals surface area contributed by atoms with Gasteiger partial charge < -0.3 is 15.1 Å². The number of amides is 2. The Bertz CT molecular complexity index is 608. The van der Waals surface area contributed by atoms with E-state index in [1.807, 2.05) is 49.9 Å². The van der Waals surface area contributed by atoms with E-state index in [2.05, 4.69) is 5.32 Å². The molecule has 2 rings (SSSR count). The number of benzene rings is 1. The SMILES string of the molecule is CC(C)C(=O)N1CCC(C(=O)Nc2cc(Cl)ccc2N(C)C)CC1. The molecule has 0 bridgehead atoms. The zero-order valence-electron chi connectivity index (χ0n) is 14.8. The van der Waals surface area contributed by atoms with Gasteiger partial charge in [0.2, 0.25) is 11.8 Å². The van der Waals surface area contributed by atoms with Crippen LogP contribution in [-0.2, 0) is 9.59 Å². The number of anilines is 2. The summed E-state index contributed by atoms with van der Waals surface area (Å²) in [7, 11) is 3.85. The molecule has 132 valence electrons. The second kappa shape index (κ2) is 7.88. The summed E-state index contributed by atoms with van der Waals surface area (Å²) >= 11 is 6.06. The highest BCUT2D eigenvalue weighted by atomic mass is 35.5. The highest BCUT2D eigenvalue weighted by Gasteiger charge is 2.28. The van der Waals surface area contributed by atoms with Crippen LogP contribution in [0.3, 0.4) is 0 Å². The van der Waals surface area contributed by atoms with Crippen LogP contribution >= 0.6 is 11.6 Å². The quantitative estimate of drug-likeness (QED) is 0.906. The van der Waals surface area contributed by atoms with E-state index in [4.69, 9.17) is 11.6 Å². The Balaban J connectivity index is 2.00. The van der Waals surface area contributed by atoms with Crippen LogP contribution in [0.5, 0.6) is 0 Å². The fourth-order valence-corrected chi connectivity index (χ4v) is 3.13. The maximum absolute atomic E-state index is 12.6. The van der Waals surface area contributed by atoms with Gasteiger partial charge in [0.1, 0.15) is 0 Å². The van der Waals surface area contributed by atoms with E-state index in [-0.39, 0.29) is 23.7 Å². The highest BCUT2D eigenvalue weighted by molar-refractivity contribution is 6.31. The van der Waals surface area contributed by atoms with Crippen LogP contribution in [-0.4, -0.2) is 43.9 Å².